The lowest BCUT2D eigenvalue weighted by Gasteiger charge is -2.43. The van der Waals surface area contributed by atoms with E-state index < -0.39 is 35.4 Å². The predicted octanol–water partition coefficient (Wildman–Crippen LogP) is 4.47. The normalized spacial score (nSPS) is 21.0. The highest BCUT2D eigenvalue weighted by Crippen LogP contribution is 2.46. The summed E-state index contributed by atoms with van der Waals surface area (Å²) in [6.07, 6.45) is 0.259. The Morgan fingerprint density at radius 3 is 2.52 bits per heavy atom. The van der Waals surface area contributed by atoms with Crippen LogP contribution in [-0.4, -0.2) is 23.6 Å². The Hall–Kier alpha value is -3.09. The zero-order valence-corrected chi connectivity index (χ0v) is 18.7. The molecule has 0 radical (unpaired) electrons. The topological polar surface area (TPSA) is 92.0 Å². The maximum Gasteiger partial charge on any atom is 0.336 e. The van der Waals surface area contributed by atoms with Crippen LogP contribution in [0.3, 0.4) is 0 Å². The minimum atomic E-state index is -1.02. The van der Waals surface area contributed by atoms with Crippen molar-refractivity contribution in [2.75, 3.05) is 0 Å². The molecule has 0 amide bonds. The fourth-order valence-corrected chi connectivity index (χ4v) is 3.41. The molecule has 0 aliphatic carbocycles. The molecular formula is C24H28O7. The first-order chi connectivity index (χ1) is 14.6. The number of hydrogen-bond acceptors (Lipinski definition) is 7. The molecule has 0 saturated heterocycles. The Labute approximate surface area is 181 Å². The molecule has 3 unspecified atom stereocenters. The monoisotopic (exact) mass is 428 g/mol. The van der Waals surface area contributed by atoms with Crippen molar-refractivity contribution in [2.24, 2.45) is 5.92 Å². The quantitative estimate of drug-likeness (QED) is 0.394. The van der Waals surface area contributed by atoms with Gasteiger partial charge in [-0.05, 0) is 52.3 Å². The Balaban J connectivity index is 2.21. The summed E-state index contributed by atoms with van der Waals surface area (Å²) in [6, 6.07) is 6.43. The van der Waals surface area contributed by atoms with Crippen LogP contribution in [0.4, 0.5) is 0 Å². The number of ether oxygens (including phenoxy) is 3. The molecule has 1 aliphatic heterocycles. The van der Waals surface area contributed by atoms with E-state index in [9.17, 15) is 14.4 Å². The highest BCUT2D eigenvalue weighted by Gasteiger charge is 2.50. The van der Waals surface area contributed by atoms with Gasteiger partial charge in [0.15, 0.2) is 12.2 Å². The second-order valence-electron chi connectivity index (χ2n) is 8.32. The van der Waals surface area contributed by atoms with Gasteiger partial charge in [0.25, 0.3) is 0 Å². The molecule has 0 N–H and O–H groups in total. The number of hydrogen-bond donors (Lipinski definition) is 0. The zero-order valence-electron chi connectivity index (χ0n) is 18.7. The smallest absolute Gasteiger partial charge is 0.336 e. The van der Waals surface area contributed by atoms with Crippen LogP contribution in [0.2, 0.25) is 0 Å². The fourth-order valence-electron chi connectivity index (χ4n) is 3.41. The number of allylic oxidation sites excluding steroid dienone is 1. The van der Waals surface area contributed by atoms with Crippen LogP contribution in [-0.2, 0) is 19.1 Å². The van der Waals surface area contributed by atoms with E-state index in [4.69, 9.17) is 18.6 Å². The number of carbonyl (C=O) groups excluding carboxylic acids is 2. The van der Waals surface area contributed by atoms with Gasteiger partial charge in [0, 0.05) is 17.0 Å². The van der Waals surface area contributed by atoms with Crippen molar-refractivity contribution >= 4 is 22.9 Å². The molecule has 0 bridgehead atoms. The van der Waals surface area contributed by atoms with Crippen molar-refractivity contribution in [1.29, 1.82) is 0 Å². The molecule has 7 heteroatoms. The molecular weight excluding hydrogens is 400 g/mol. The molecule has 166 valence electrons. The molecule has 31 heavy (non-hydrogen) atoms. The first-order valence-corrected chi connectivity index (χ1v) is 10.4. The average molecular weight is 428 g/mol. The lowest BCUT2D eigenvalue weighted by Crippen LogP contribution is -2.52. The minimum absolute atomic E-state index is 0.237. The van der Waals surface area contributed by atoms with Crippen molar-refractivity contribution < 1.29 is 28.2 Å². The van der Waals surface area contributed by atoms with Gasteiger partial charge < -0.3 is 18.6 Å². The number of carbonyl (C=O) groups is 2. The molecule has 1 aromatic heterocycles. The van der Waals surface area contributed by atoms with Crippen LogP contribution in [0.5, 0.6) is 5.75 Å². The van der Waals surface area contributed by atoms with Crippen molar-refractivity contribution in [3.63, 3.8) is 0 Å². The van der Waals surface area contributed by atoms with Gasteiger partial charge in [0.05, 0.1) is 11.5 Å². The molecule has 3 atom stereocenters. The van der Waals surface area contributed by atoms with Gasteiger partial charge in [-0.1, -0.05) is 19.9 Å². The third-order valence-corrected chi connectivity index (χ3v) is 5.65. The molecule has 0 fully saturated rings. The lowest BCUT2D eigenvalue weighted by molar-refractivity contribution is -0.191. The first kappa shape index (κ1) is 22.6. The molecule has 3 rings (SSSR count). The van der Waals surface area contributed by atoms with Gasteiger partial charge in [-0.15, -0.1) is 0 Å². The summed E-state index contributed by atoms with van der Waals surface area (Å²) in [7, 11) is 0. The average Bonchev–Trinajstić information content (AvgIpc) is 2.73. The van der Waals surface area contributed by atoms with E-state index in [-0.39, 0.29) is 11.5 Å². The van der Waals surface area contributed by atoms with E-state index in [2.05, 4.69) is 0 Å². The van der Waals surface area contributed by atoms with Gasteiger partial charge in [-0.2, -0.15) is 0 Å². The van der Waals surface area contributed by atoms with Gasteiger partial charge in [-0.3, -0.25) is 4.79 Å². The Morgan fingerprint density at radius 1 is 1.19 bits per heavy atom. The van der Waals surface area contributed by atoms with Crippen LogP contribution >= 0.6 is 0 Å². The molecule has 0 spiro atoms. The van der Waals surface area contributed by atoms with Crippen molar-refractivity contribution in [3.8, 4) is 5.75 Å². The summed E-state index contributed by atoms with van der Waals surface area (Å²) in [5.74, 6) is -0.913. The molecule has 1 aliphatic rings. The van der Waals surface area contributed by atoms with Crippen LogP contribution in [0.15, 0.2) is 45.1 Å². The van der Waals surface area contributed by atoms with E-state index >= 15 is 0 Å². The molecule has 7 nitrogen and oxygen atoms in total. The van der Waals surface area contributed by atoms with Crippen molar-refractivity contribution in [2.45, 2.75) is 65.8 Å². The van der Waals surface area contributed by atoms with E-state index in [1.807, 2.05) is 6.92 Å². The SMILES string of the molecule is C/C=C(/C)C(=O)OC1c2c(ccc3ccc(=O)oc23)OC(C)(C)C1OC(=O)C(C)CC. The van der Waals surface area contributed by atoms with Gasteiger partial charge in [-0.25, -0.2) is 9.59 Å². The Bertz CT molecular complexity index is 1090. The number of benzene rings is 1. The maximum absolute atomic E-state index is 12.7. The summed E-state index contributed by atoms with van der Waals surface area (Å²) < 4.78 is 23.3. The van der Waals surface area contributed by atoms with E-state index in [1.54, 1.807) is 58.9 Å². The Morgan fingerprint density at radius 2 is 1.87 bits per heavy atom. The van der Waals surface area contributed by atoms with Crippen molar-refractivity contribution in [1.82, 2.24) is 0 Å². The number of rotatable bonds is 5. The number of fused-ring (bicyclic) bond motifs is 3. The first-order valence-electron chi connectivity index (χ1n) is 10.4. The van der Waals surface area contributed by atoms with Crippen LogP contribution in [0.25, 0.3) is 11.0 Å². The molecule has 0 saturated carbocycles. The van der Waals surface area contributed by atoms with Crippen molar-refractivity contribution in [3.05, 3.63) is 51.9 Å². The minimum Gasteiger partial charge on any atom is -0.483 e. The predicted molar refractivity (Wildman–Crippen MR) is 115 cm³/mol. The van der Waals surface area contributed by atoms with Crippen LogP contribution in [0.1, 0.15) is 59.6 Å². The van der Waals surface area contributed by atoms with E-state index in [0.29, 0.717) is 28.7 Å². The third kappa shape index (κ3) is 4.36. The summed E-state index contributed by atoms with van der Waals surface area (Å²) >= 11 is 0. The molecule has 1 aromatic carbocycles. The van der Waals surface area contributed by atoms with Gasteiger partial charge >= 0.3 is 17.6 Å². The summed E-state index contributed by atoms with van der Waals surface area (Å²) in [5.41, 5.74) is -0.545. The molecule has 2 aromatic rings. The van der Waals surface area contributed by atoms with Crippen LogP contribution in [0, 0.1) is 5.92 Å². The van der Waals surface area contributed by atoms with E-state index in [1.165, 1.54) is 6.07 Å². The second-order valence-corrected chi connectivity index (χ2v) is 8.32. The van der Waals surface area contributed by atoms with Gasteiger partial charge in [0.1, 0.15) is 16.9 Å². The third-order valence-electron chi connectivity index (χ3n) is 5.65. The summed E-state index contributed by atoms with van der Waals surface area (Å²) in [4.78, 5) is 37.4. The van der Waals surface area contributed by atoms with Gasteiger partial charge in [0.2, 0.25) is 0 Å². The Kier molecular flexibility index (Phi) is 6.25. The second kappa shape index (κ2) is 8.57. The largest absolute Gasteiger partial charge is 0.483 e. The zero-order chi connectivity index (χ0) is 22.9. The van der Waals surface area contributed by atoms with Crippen LogP contribution < -0.4 is 10.4 Å². The molecule has 2 heterocycles. The maximum atomic E-state index is 12.7. The summed E-state index contributed by atoms with van der Waals surface area (Å²) in [6.45, 7) is 10.5. The number of esters is 2. The highest BCUT2D eigenvalue weighted by molar-refractivity contribution is 5.89. The fraction of sp³-hybridized carbons (Fsp3) is 0.458. The standard InChI is InChI=1S/C24H28O7/c1-7-13(3)22(26)29-20-18-16(11-9-15-10-12-17(25)28-19(15)18)31-24(5,6)21(20)30-23(27)14(4)8-2/h7,9-12,14,20-21H,8H2,1-6H3/b13-7-. The summed E-state index contributed by atoms with van der Waals surface area (Å²) in [5, 5.41) is 0.637. The highest BCUT2D eigenvalue weighted by atomic mass is 16.6. The lowest BCUT2D eigenvalue weighted by atomic mass is 9.87. The van der Waals surface area contributed by atoms with E-state index in [0.717, 1.165) is 0 Å².